The van der Waals surface area contributed by atoms with Crippen molar-refractivity contribution in [3.63, 3.8) is 0 Å². The highest BCUT2D eigenvalue weighted by Crippen LogP contribution is 2.12. The molecule has 0 unspecified atom stereocenters. The summed E-state index contributed by atoms with van der Waals surface area (Å²) in [7, 11) is 1.57. The van der Waals surface area contributed by atoms with Gasteiger partial charge < -0.3 is 9.88 Å². The van der Waals surface area contributed by atoms with Gasteiger partial charge in [-0.2, -0.15) is 0 Å². The summed E-state index contributed by atoms with van der Waals surface area (Å²) in [5.74, 6) is 0.387. The molecule has 1 aromatic rings. The molecule has 1 aromatic heterocycles. The number of hydrogen-bond donors (Lipinski definition) is 1. The van der Waals surface area contributed by atoms with E-state index in [-0.39, 0.29) is 11.5 Å². The zero-order valence-corrected chi connectivity index (χ0v) is 9.42. The van der Waals surface area contributed by atoms with Gasteiger partial charge in [0.15, 0.2) is 0 Å². The SMILES string of the molecule is CCc1nc(C)[nH]c(=O)c1N(C)C(C)=O. The lowest BCUT2D eigenvalue weighted by Crippen LogP contribution is -2.31. The highest BCUT2D eigenvalue weighted by molar-refractivity contribution is 5.91. The first-order chi connectivity index (χ1) is 6.97. The van der Waals surface area contributed by atoms with Crippen LogP contribution in [0.2, 0.25) is 0 Å². The number of aromatic nitrogens is 2. The molecule has 5 heteroatoms. The van der Waals surface area contributed by atoms with E-state index < -0.39 is 0 Å². The van der Waals surface area contributed by atoms with Crippen LogP contribution >= 0.6 is 0 Å². The van der Waals surface area contributed by atoms with Crippen molar-refractivity contribution in [2.75, 3.05) is 11.9 Å². The van der Waals surface area contributed by atoms with Crippen molar-refractivity contribution in [1.29, 1.82) is 0 Å². The lowest BCUT2D eigenvalue weighted by atomic mass is 10.2. The fourth-order valence-electron chi connectivity index (χ4n) is 1.39. The highest BCUT2D eigenvalue weighted by Gasteiger charge is 2.15. The van der Waals surface area contributed by atoms with E-state index in [0.29, 0.717) is 23.6 Å². The van der Waals surface area contributed by atoms with E-state index in [4.69, 9.17) is 0 Å². The number of carbonyl (C=O) groups excluding carboxylic acids is 1. The minimum Gasteiger partial charge on any atom is -0.309 e. The largest absolute Gasteiger partial charge is 0.309 e. The first kappa shape index (κ1) is 11.4. The molecule has 15 heavy (non-hydrogen) atoms. The summed E-state index contributed by atoms with van der Waals surface area (Å²) in [6, 6.07) is 0. The van der Waals surface area contributed by atoms with Gasteiger partial charge >= 0.3 is 0 Å². The van der Waals surface area contributed by atoms with Gasteiger partial charge in [-0.3, -0.25) is 9.59 Å². The van der Waals surface area contributed by atoms with Gasteiger partial charge in [0, 0.05) is 14.0 Å². The van der Waals surface area contributed by atoms with Gasteiger partial charge in [-0.25, -0.2) is 4.98 Å². The average Bonchev–Trinajstić information content (AvgIpc) is 2.15. The number of anilines is 1. The number of nitrogens with zero attached hydrogens (tertiary/aromatic N) is 2. The van der Waals surface area contributed by atoms with Gasteiger partial charge in [-0.1, -0.05) is 6.92 Å². The molecule has 1 rings (SSSR count). The second-order valence-corrected chi connectivity index (χ2v) is 3.38. The molecule has 0 saturated heterocycles. The Morgan fingerprint density at radius 3 is 2.60 bits per heavy atom. The van der Waals surface area contributed by atoms with Crippen LogP contribution in [0.4, 0.5) is 5.69 Å². The summed E-state index contributed by atoms with van der Waals surface area (Å²) < 4.78 is 0. The zero-order chi connectivity index (χ0) is 11.6. The Balaban J connectivity index is 3.39. The third-order valence-electron chi connectivity index (χ3n) is 2.23. The normalized spacial score (nSPS) is 10.1. The Labute approximate surface area is 88.1 Å². The molecule has 1 heterocycles. The molecule has 0 atom stereocenters. The molecule has 0 radical (unpaired) electrons. The molecule has 0 bridgehead atoms. The summed E-state index contributed by atoms with van der Waals surface area (Å²) >= 11 is 0. The standard InChI is InChI=1S/C10H15N3O2/c1-5-8-9(13(4)7(3)14)10(15)12-6(2)11-8/h5H2,1-4H3,(H,11,12,15). The number of aromatic amines is 1. The van der Waals surface area contributed by atoms with E-state index in [0.717, 1.165) is 0 Å². The van der Waals surface area contributed by atoms with E-state index in [9.17, 15) is 9.59 Å². The van der Waals surface area contributed by atoms with Gasteiger partial charge in [-0.05, 0) is 13.3 Å². The van der Waals surface area contributed by atoms with Gasteiger partial charge in [0.05, 0.1) is 5.69 Å². The lowest BCUT2D eigenvalue weighted by Gasteiger charge is -2.16. The second kappa shape index (κ2) is 4.25. The van der Waals surface area contributed by atoms with Crippen LogP contribution in [-0.2, 0) is 11.2 Å². The molecule has 0 saturated carbocycles. The number of hydrogen-bond acceptors (Lipinski definition) is 3. The van der Waals surface area contributed by atoms with E-state index in [2.05, 4.69) is 9.97 Å². The van der Waals surface area contributed by atoms with Crippen molar-refractivity contribution < 1.29 is 4.79 Å². The summed E-state index contributed by atoms with van der Waals surface area (Å²) in [5.41, 5.74) is 0.724. The van der Waals surface area contributed by atoms with Crippen molar-refractivity contribution in [3.8, 4) is 0 Å². The van der Waals surface area contributed by atoms with Crippen molar-refractivity contribution in [2.24, 2.45) is 0 Å². The third kappa shape index (κ3) is 2.23. The molecule has 0 aromatic carbocycles. The molecular weight excluding hydrogens is 194 g/mol. The van der Waals surface area contributed by atoms with Gasteiger partial charge in [0.1, 0.15) is 11.5 Å². The second-order valence-electron chi connectivity index (χ2n) is 3.38. The van der Waals surface area contributed by atoms with Crippen LogP contribution in [-0.4, -0.2) is 22.9 Å². The topological polar surface area (TPSA) is 66.1 Å². The number of carbonyl (C=O) groups is 1. The predicted octanol–water partition coefficient (Wildman–Crippen LogP) is 0.623. The molecule has 1 amide bonds. The molecule has 5 nitrogen and oxygen atoms in total. The van der Waals surface area contributed by atoms with Crippen LogP contribution in [0.15, 0.2) is 4.79 Å². The summed E-state index contributed by atoms with van der Waals surface area (Å²) in [6.07, 6.45) is 0.623. The van der Waals surface area contributed by atoms with Crippen LogP contribution in [0.3, 0.4) is 0 Å². The summed E-state index contributed by atoms with van der Waals surface area (Å²) in [6.45, 7) is 5.04. The summed E-state index contributed by atoms with van der Waals surface area (Å²) in [5, 5.41) is 0. The highest BCUT2D eigenvalue weighted by atomic mass is 16.2. The monoisotopic (exact) mass is 209 g/mol. The van der Waals surface area contributed by atoms with Crippen molar-refractivity contribution in [1.82, 2.24) is 9.97 Å². The Kier molecular flexibility index (Phi) is 3.24. The molecular formula is C10H15N3O2. The van der Waals surface area contributed by atoms with Crippen LogP contribution in [0.25, 0.3) is 0 Å². The minimum absolute atomic E-state index is 0.180. The maximum atomic E-state index is 11.7. The number of rotatable bonds is 2. The fraction of sp³-hybridized carbons (Fsp3) is 0.500. The van der Waals surface area contributed by atoms with Crippen molar-refractivity contribution in [3.05, 3.63) is 21.9 Å². The molecule has 0 aliphatic heterocycles. The van der Waals surface area contributed by atoms with E-state index in [1.54, 1.807) is 14.0 Å². The summed E-state index contributed by atoms with van der Waals surface area (Å²) in [4.78, 5) is 31.0. The molecule has 0 fully saturated rings. The van der Waals surface area contributed by atoms with E-state index in [1.807, 2.05) is 6.92 Å². The average molecular weight is 209 g/mol. The maximum Gasteiger partial charge on any atom is 0.275 e. The number of amides is 1. The zero-order valence-electron chi connectivity index (χ0n) is 9.42. The molecule has 1 N–H and O–H groups in total. The smallest absolute Gasteiger partial charge is 0.275 e. The van der Waals surface area contributed by atoms with Crippen LogP contribution < -0.4 is 10.5 Å². The number of H-pyrrole nitrogens is 1. The Morgan fingerprint density at radius 2 is 2.13 bits per heavy atom. The number of aryl methyl sites for hydroxylation is 2. The first-order valence-corrected chi connectivity index (χ1v) is 4.81. The lowest BCUT2D eigenvalue weighted by molar-refractivity contribution is -0.116. The quantitative estimate of drug-likeness (QED) is 0.776. The maximum absolute atomic E-state index is 11.7. The third-order valence-corrected chi connectivity index (χ3v) is 2.23. The van der Waals surface area contributed by atoms with Crippen LogP contribution in [0.5, 0.6) is 0 Å². The van der Waals surface area contributed by atoms with Crippen LogP contribution in [0, 0.1) is 6.92 Å². The molecule has 0 aliphatic carbocycles. The molecule has 0 aliphatic rings. The molecule has 82 valence electrons. The predicted molar refractivity (Wildman–Crippen MR) is 58.1 cm³/mol. The Morgan fingerprint density at radius 1 is 1.53 bits per heavy atom. The Bertz CT molecular complexity index is 437. The van der Waals surface area contributed by atoms with Crippen LogP contribution in [0.1, 0.15) is 25.4 Å². The first-order valence-electron chi connectivity index (χ1n) is 4.81. The van der Waals surface area contributed by atoms with Gasteiger partial charge in [-0.15, -0.1) is 0 Å². The van der Waals surface area contributed by atoms with Crippen molar-refractivity contribution in [2.45, 2.75) is 27.2 Å². The fourth-order valence-corrected chi connectivity index (χ4v) is 1.39. The Hall–Kier alpha value is -1.65. The van der Waals surface area contributed by atoms with Crippen molar-refractivity contribution >= 4 is 11.6 Å². The van der Waals surface area contributed by atoms with Gasteiger partial charge in [0.2, 0.25) is 5.91 Å². The van der Waals surface area contributed by atoms with Gasteiger partial charge in [0.25, 0.3) is 5.56 Å². The minimum atomic E-state index is -0.267. The number of nitrogens with one attached hydrogen (secondary N) is 1. The van der Waals surface area contributed by atoms with E-state index in [1.165, 1.54) is 11.8 Å². The molecule has 0 spiro atoms. The van der Waals surface area contributed by atoms with E-state index >= 15 is 0 Å².